The lowest BCUT2D eigenvalue weighted by Gasteiger charge is -1.99. The predicted molar refractivity (Wildman–Crippen MR) is 74.4 cm³/mol. The molecular weight excluding hydrogens is 294 g/mol. The van der Waals surface area contributed by atoms with E-state index in [1.165, 1.54) is 0 Å². The summed E-state index contributed by atoms with van der Waals surface area (Å²) in [5.41, 5.74) is 0.697. The summed E-state index contributed by atoms with van der Waals surface area (Å²) in [6.07, 6.45) is 1.16. The van der Waals surface area contributed by atoms with Gasteiger partial charge in [0, 0.05) is 4.47 Å². The Bertz CT molecular complexity index is 550. The van der Waals surface area contributed by atoms with Gasteiger partial charge in [0.05, 0.1) is 5.69 Å². The Hall–Kier alpha value is -1.94. The van der Waals surface area contributed by atoms with E-state index in [1.54, 1.807) is 36.4 Å². The first-order valence-corrected chi connectivity index (χ1v) is 6.10. The molecule has 0 aliphatic rings. The van der Waals surface area contributed by atoms with Crippen LogP contribution in [0.25, 0.3) is 0 Å². The third-order valence-corrected chi connectivity index (χ3v) is 2.64. The molecule has 18 heavy (non-hydrogen) atoms. The number of esters is 1. The van der Waals surface area contributed by atoms with Crippen LogP contribution in [0.1, 0.15) is 0 Å². The maximum absolute atomic E-state index is 11.5. The highest BCUT2D eigenvalue weighted by molar-refractivity contribution is 9.10. The average Bonchev–Trinajstić information content (AvgIpc) is 2.39. The molecule has 0 fully saturated rings. The first-order valence-electron chi connectivity index (χ1n) is 5.30. The molecule has 0 radical (unpaired) electrons. The van der Waals surface area contributed by atoms with Crippen LogP contribution in [0.4, 0.5) is 5.69 Å². The molecule has 0 heterocycles. The Morgan fingerprint density at radius 1 is 1.06 bits per heavy atom. The quantitative estimate of drug-likeness (QED) is 0.492. The molecule has 2 aromatic carbocycles. The number of rotatable bonds is 3. The van der Waals surface area contributed by atoms with Crippen LogP contribution in [0.15, 0.2) is 64.1 Å². The van der Waals surface area contributed by atoms with E-state index < -0.39 is 5.97 Å². The summed E-state index contributed by atoms with van der Waals surface area (Å²) in [4.78, 5) is 15.5. The van der Waals surface area contributed by atoms with Crippen molar-refractivity contribution in [3.8, 4) is 5.75 Å². The van der Waals surface area contributed by atoms with E-state index in [0.717, 1.165) is 10.7 Å². The van der Waals surface area contributed by atoms with Crippen LogP contribution >= 0.6 is 15.9 Å². The maximum Gasteiger partial charge on any atom is 0.354 e. The topological polar surface area (TPSA) is 38.7 Å². The van der Waals surface area contributed by atoms with E-state index in [-0.39, 0.29) is 0 Å². The molecule has 2 rings (SSSR count). The van der Waals surface area contributed by atoms with Crippen molar-refractivity contribution in [2.75, 3.05) is 0 Å². The molecule has 0 bridgehead atoms. The van der Waals surface area contributed by atoms with Crippen LogP contribution in [0, 0.1) is 0 Å². The van der Waals surface area contributed by atoms with Crippen LogP contribution in [0.3, 0.4) is 0 Å². The minimum atomic E-state index is -0.496. The van der Waals surface area contributed by atoms with E-state index in [2.05, 4.69) is 20.9 Å². The van der Waals surface area contributed by atoms with Gasteiger partial charge in [-0.2, -0.15) is 0 Å². The van der Waals surface area contributed by atoms with Gasteiger partial charge in [-0.05, 0) is 36.4 Å². The monoisotopic (exact) mass is 303 g/mol. The highest BCUT2D eigenvalue weighted by Gasteiger charge is 1.99. The van der Waals surface area contributed by atoms with Crippen molar-refractivity contribution in [3.05, 3.63) is 59.1 Å². The molecule has 0 spiro atoms. The van der Waals surface area contributed by atoms with Crippen molar-refractivity contribution < 1.29 is 9.53 Å². The zero-order valence-electron chi connectivity index (χ0n) is 9.42. The van der Waals surface area contributed by atoms with Gasteiger partial charge in [-0.3, -0.25) is 0 Å². The van der Waals surface area contributed by atoms with Crippen LogP contribution in [-0.4, -0.2) is 12.2 Å². The molecule has 0 aliphatic heterocycles. The summed E-state index contributed by atoms with van der Waals surface area (Å²) in [7, 11) is 0. The van der Waals surface area contributed by atoms with E-state index >= 15 is 0 Å². The van der Waals surface area contributed by atoms with Gasteiger partial charge in [-0.1, -0.05) is 34.1 Å². The molecule has 2 aromatic rings. The second kappa shape index (κ2) is 6.12. The SMILES string of the molecule is O=C(C=Nc1ccc(Br)cc1)Oc1ccccc1. The molecule has 0 aromatic heterocycles. The number of aliphatic imine (C=N–C) groups is 1. The lowest BCUT2D eigenvalue weighted by molar-refractivity contribution is -0.126. The Morgan fingerprint density at radius 2 is 1.72 bits per heavy atom. The van der Waals surface area contributed by atoms with Gasteiger partial charge in [0.2, 0.25) is 0 Å². The zero-order valence-corrected chi connectivity index (χ0v) is 11.0. The van der Waals surface area contributed by atoms with E-state index in [4.69, 9.17) is 4.74 Å². The second-order valence-electron chi connectivity index (χ2n) is 3.47. The number of halogens is 1. The van der Waals surface area contributed by atoms with Crippen molar-refractivity contribution in [2.45, 2.75) is 0 Å². The molecule has 0 amide bonds. The fourth-order valence-corrected chi connectivity index (χ4v) is 1.55. The highest BCUT2D eigenvalue weighted by atomic mass is 79.9. The largest absolute Gasteiger partial charge is 0.422 e. The highest BCUT2D eigenvalue weighted by Crippen LogP contribution is 2.16. The minimum Gasteiger partial charge on any atom is -0.422 e. The second-order valence-corrected chi connectivity index (χ2v) is 4.38. The number of ether oxygens (including phenoxy) is 1. The van der Waals surface area contributed by atoms with E-state index in [1.807, 2.05) is 18.2 Å². The van der Waals surface area contributed by atoms with Gasteiger partial charge >= 0.3 is 5.97 Å². The molecular formula is C14H10BrNO2. The van der Waals surface area contributed by atoms with Gasteiger partial charge in [0.15, 0.2) is 0 Å². The van der Waals surface area contributed by atoms with Crippen molar-refractivity contribution >= 4 is 33.8 Å². The molecule has 0 aliphatic carbocycles. The molecule has 0 saturated heterocycles. The van der Waals surface area contributed by atoms with Crippen molar-refractivity contribution in [3.63, 3.8) is 0 Å². The van der Waals surface area contributed by atoms with E-state index in [9.17, 15) is 4.79 Å². The third-order valence-electron chi connectivity index (χ3n) is 2.11. The zero-order chi connectivity index (χ0) is 12.8. The number of carbonyl (C=O) groups is 1. The smallest absolute Gasteiger partial charge is 0.354 e. The molecule has 0 saturated carbocycles. The minimum absolute atomic E-state index is 0.496. The standard InChI is InChI=1S/C14H10BrNO2/c15-11-6-8-12(9-7-11)16-10-14(17)18-13-4-2-1-3-5-13/h1-10H. The summed E-state index contributed by atoms with van der Waals surface area (Å²) < 4.78 is 6.03. The normalized spacial score (nSPS) is 10.5. The summed E-state index contributed by atoms with van der Waals surface area (Å²) in [6, 6.07) is 16.2. The first kappa shape index (κ1) is 12.5. The molecule has 0 atom stereocenters. The maximum atomic E-state index is 11.5. The lowest BCUT2D eigenvalue weighted by Crippen LogP contribution is -2.08. The number of carbonyl (C=O) groups excluding carboxylic acids is 1. The fourth-order valence-electron chi connectivity index (χ4n) is 1.29. The number of para-hydroxylation sites is 1. The molecule has 90 valence electrons. The summed E-state index contributed by atoms with van der Waals surface area (Å²) >= 11 is 3.33. The van der Waals surface area contributed by atoms with Gasteiger partial charge in [-0.15, -0.1) is 0 Å². The fraction of sp³-hybridized carbons (Fsp3) is 0. The molecule has 0 unspecified atom stereocenters. The van der Waals surface area contributed by atoms with Crippen LogP contribution < -0.4 is 4.74 Å². The molecule has 0 N–H and O–H groups in total. The van der Waals surface area contributed by atoms with Crippen LogP contribution in [0.5, 0.6) is 5.75 Å². The predicted octanol–water partition coefficient (Wildman–Crippen LogP) is 3.76. The average molecular weight is 304 g/mol. The number of hydrogen-bond donors (Lipinski definition) is 0. The molecule has 4 heteroatoms. The number of benzene rings is 2. The van der Waals surface area contributed by atoms with Gasteiger partial charge in [0.1, 0.15) is 12.0 Å². The van der Waals surface area contributed by atoms with Crippen molar-refractivity contribution in [1.29, 1.82) is 0 Å². The Labute approximate surface area is 113 Å². The summed E-state index contributed by atoms with van der Waals surface area (Å²) in [6.45, 7) is 0. The van der Waals surface area contributed by atoms with E-state index in [0.29, 0.717) is 11.4 Å². The third kappa shape index (κ3) is 3.82. The van der Waals surface area contributed by atoms with Crippen LogP contribution in [-0.2, 0) is 4.79 Å². The lowest BCUT2D eigenvalue weighted by atomic mass is 10.3. The van der Waals surface area contributed by atoms with Crippen molar-refractivity contribution in [1.82, 2.24) is 0 Å². The molecule has 3 nitrogen and oxygen atoms in total. The number of hydrogen-bond acceptors (Lipinski definition) is 3. The Balaban J connectivity index is 1.97. The Morgan fingerprint density at radius 3 is 2.39 bits per heavy atom. The van der Waals surface area contributed by atoms with Gasteiger partial charge in [-0.25, -0.2) is 9.79 Å². The summed E-state index contributed by atoms with van der Waals surface area (Å²) in [5, 5.41) is 0. The van der Waals surface area contributed by atoms with Gasteiger partial charge < -0.3 is 4.74 Å². The van der Waals surface area contributed by atoms with Crippen LogP contribution in [0.2, 0.25) is 0 Å². The first-order chi connectivity index (χ1) is 8.74. The summed E-state index contributed by atoms with van der Waals surface area (Å²) in [5.74, 6) is 0.00822. The number of nitrogens with zero attached hydrogens (tertiary/aromatic N) is 1. The Kier molecular flexibility index (Phi) is 4.25. The van der Waals surface area contributed by atoms with Gasteiger partial charge in [0.25, 0.3) is 0 Å². The van der Waals surface area contributed by atoms with Crippen molar-refractivity contribution in [2.24, 2.45) is 4.99 Å².